The van der Waals surface area contributed by atoms with Gasteiger partial charge in [-0.05, 0) is 54.4 Å². The number of Topliss-reactive ketones (excluding diaryl/α,β-unsaturated/α-hetero) is 1. The first kappa shape index (κ1) is 15.9. The first-order valence-corrected chi connectivity index (χ1v) is 7.82. The predicted molar refractivity (Wildman–Crippen MR) is 87.9 cm³/mol. The van der Waals surface area contributed by atoms with Crippen molar-refractivity contribution in [3.05, 3.63) is 34.3 Å². The maximum Gasteiger partial charge on any atom is 0.282 e. The third kappa shape index (κ3) is 3.79. The average Bonchev–Trinajstić information content (AvgIpc) is 2.82. The molecule has 1 aliphatic rings. The number of rotatable bonds is 6. The zero-order valence-electron chi connectivity index (χ0n) is 12.9. The fourth-order valence-corrected chi connectivity index (χ4v) is 2.99. The summed E-state index contributed by atoms with van der Waals surface area (Å²) in [6.07, 6.45) is 4.97. The lowest BCUT2D eigenvalue weighted by Crippen LogP contribution is -2.32. The number of benzene rings is 1. The van der Waals surface area contributed by atoms with Crippen LogP contribution in [0.1, 0.15) is 37.3 Å². The maximum absolute atomic E-state index is 12.3. The molecule has 0 bridgehead atoms. The first-order valence-electron chi connectivity index (χ1n) is 7.44. The largest absolute Gasteiger partial charge is 0.290 e. The summed E-state index contributed by atoms with van der Waals surface area (Å²) in [6, 6.07) is 6.07. The van der Waals surface area contributed by atoms with Gasteiger partial charge < -0.3 is 0 Å². The van der Waals surface area contributed by atoms with E-state index in [1.165, 1.54) is 11.1 Å². The highest BCUT2D eigenvalue weighted by Crippen LogP contribution is 2.17. The molecule has 0 fully saturated rings. The van der Waals surface area contributed by atoms with Crippen LogP contribution in [0.5, 0.6) is 0 Å². The summed E-state index contributed by atoms with van der Waals surface area (Å²) in [5.74, 6) is 0.175. The van der Waals surface area contributed by atoms with E-state index in [9.17, 15) is 4.79 Å². The molecule has 1 aromatic rings. The van der Waals surface area contributed by atoms with Crippen LogP contribution in [0.3, 0.4) is 0 Å². The van der Waals surface area contributed by atoms with Gasteiger partial charge in [0.1, 0.15) is 0 Å². The van der Waals surface area contributed by atoms with Crippen LogP contribution < -0.4 is 0 Å². The van der Waals surface area contributed by atoms with Gasteiger partial charge in [-0.3, -0.25) is 9.37 Å². The fraction of sp³-hybridized carbons (Fsp3) is 0.471. The second-order valence-electron chi connectivity index (χ2n) is 5.57. The fourth-order valence-electron chi connectivity index (χ4n) is 2.76. The van der Waals surface area contributed by atoms with Gasteiger partial charge in [0.15, 0.2) is 6.04 Å². The number of hydrogen-bond acceptors (Lipinski definition) is 2. The Hall–Kier alpha value is -1.48. The molecule has 0 amide bonds. The molecule has 2 rings (SSSR count). The van der Waals surface area contributed by atoms with Crippen molar-refractivity contribution in [3.8, 4) is 0 Å². The van der Waals surface area contributed by atoms with E-state index in [0.717, 1.165) is 24.3 Å². The molecule has 4 heteroatoms. The Bertz CT molecular complexity index is 605. The number of ketones is 1. The van der Waals surface area contributed by atoms with Crippen LogP contribution in [-0.2, 0) is 11.2 Å². The number of aryl methyl sites for hydroxylation is 2. The summed E-state index contributed by atoms with van der Waals surface area (Å²) in [5.41, 5.74) is 3.16. The standard InChI is InChI=1S/C17H22ClN2O/c1-4-15-17(19-11-20(15)3)16(21)7-5-6-13-8-9-14(18)10-12(13)2/h8-11,15H,4-7H2,1-3H3/q+1. The minimum absolute atomic E-state index is 0.148. The molecule has 0 saturated heterocycles. The number of carbonyl (C=O) groups is 1. The van der Waals surface area contributed by atoms with Gasteiger partial charge in [0, 0.05) is 11.4 Å². The second-order valence-corrected chi connectivity index (χ2v) is 6.00. The van der Waals surface area contributed by atoms with Crippen LogP contribution in [0.25, 0.3) is 0 Å². The quantitative estimate of drug-likeness (QED) is 0.741. The highest BCUT2D eigenvalue weighted by Gasteiger charge is 2.33. The summed E-state index contributed by atoms with van der Waals surface area (Å²) < 4.78 is 2.01. The third-order valence-corrected chi connectivity index (χ3v) is 4.25. The molecule has 3 nitrogen and oxygen atoms in total. The Labute approximate surface area is 131 Å². The summed E-state index contributed by atoms with van der Waals surface area (Å²) in [7, 11) is 1.97. The average molecular weight is 306 g/mol. The third-order valence-electron chi connectivity index (χ3n) is 4.01. The Balaban J connectivity index is 1.88. The molecule has 1 aliphatic heterocycles. The normalized spacial score (nSPS) is 17.6. The van der Waals surface area contributed by atoms with Gasteiger partial charge in [0.2, 0.25) is 11.5 Å². The van der Waals surface area contributed by atoms with E-state index in [1.54, 1.807) is 6.34 Å². The summed E-state index contributed by atoms with van der Waals surface area (Å²) in [4.78, 5) is 16.6. The number of halogens is 1. The SMILES string of the molecule is CCC1C(C(=O)CCCc2ccc(Cl)cc2C)=NC=[N+]1C. The monoisotopic (exact) mass is 305 g/mol. The Morgan fingerprint density at radius 2 is 2.19 bits per heavy atom. The van der Waals surface area contributed by atoms with E-state index in [2.05, 4.69) is 18.8 Å². The van der Waals surface area contributed by atoms with Crippen LogP contribution in [0, 0.1) is 6.92 Å². The van der Waals surface area contributed by atoms with Gasteiger partial charge in [0.05, 0.1) is 7.05 Å². The van der Waals surface area contributed by atoms with Crippen LogP contribution in [0.4, 0.5) is 0 Å². The molecule has 1 atom stereocenters. The molecule has 0 aliphatic carbocycles. The van der Waals surface area contributed by atoms with Crippen LogP contribution >= 0.6 is 11.6 Å². The summed E-state index contributed by atoms with van der Waals surface area (Å²) >= 11 is 5.96. The minimum Gasteiger partial charge on any atom is -0.290 e. The molecule has 1 heterocycles. The van der Waals surface area contributed by atoms with E-state index >= 15 is 0 Å². The lowest BCUT2D eigenvalue weighted by molar-refractivity contribution is -0.511. The van der Waals surface area contributed by atoms with Crippen molar-refractivity contribution in [3.63, 3.8) is 0 Å². The molecule has 112 valence electrons. The molecule has 21 heavy (non-hydrogen) atoms. The van der Waals surface area contributed by atoms with Gasteiger partial charge in [-0.2, -0.15) is 0 Å². The summed E-state index contributed by atoms with van der Waals surface area (Å²) in [5, 5.41) is 0.761. The highest BCUT2D eigenvalue weighted by atomic mass is 35.5. The predicted octanol–water partition coefficient (Wildman–Crippen LogP) is 3.44. The van der Waals surface area contributed by atoms with E-state index in [4.69, 9.17) is 11.6 Å². The van der Waals surface area contributed by atoms with Crippen molar-refractivity contribution in [1.29, 1.82) is 0 Å². The van der Waals surface area contributed by atoms with Crippen molar-refractivity contribution in [2.75, 3.05) is 7.05 Å². The number of aliphatic imine (C=N–C) groups is 1. The second kappa shape index (κ2) is 6.99. The molecule has 0 radical (unpaired) electrons. The van der Waals surface area contributed by atoms with Gasteiger partial charge >= 0.3 is 0 Å². The molecular weight excluding hydrogens is 284 g/mol. The van der Waals surface area contributed by atoms with Crippen molar-refractivity contribution in [1.82, 2.24) is 0 Å². The van der Waals surface area contributed by atoms with Crippen molar-refractivity contribution < 1.29 is 9.37 Å². The molecule has 1 unspecified atom stereocenters. The lowest BCUT2D eigenvalue weighted by atomic mass is 9.98. The zero-order valence-corrected chi connectivity index (χ0v) is 13.7. The van der Waals surface area contributed by atoms with Crippen LogP contribution in [0.15, 0.2) is 23.2 Å². The molecule has 0 saturated carbocycles. The topological polar surface area (TPSA) is 32.4 Å². The Morgan fingerprint density at radius 3 is 2.86 bits per heavy atom. The van der Waals surface area contributed by atoms with Gasteiger partial charge in [-0.15, -0.1) is 0 Å². The van der Waals surface area contributed by atoms with E-state index in [-0.39, 0.29) is 11.8 Å². The van der Waals surface area contributed by atoms with Gasteiger partial charge in [-0.1, -0.05) is 24.6 Å². The number of carbonyl (C=O) groups excluding carboxylic acids is 1. The highest BCUT2D eigenvalue weighted by molar-refractivity contribution is 6.43. The van der Waals surface area contributed by atoms with Gasteiger partial charge in [0.25, 0.3) is 6.34 Å². The minimum atomic E-state index is 0.148. The van der Waals surface area contributed by atoms with E-state index < -0.39 is 0 Å². The van der Waals surface area contributed by atoms with Crippen molar-refractivity contribution in [2.45, 2.75) is 45.6 Å². The maximum atomic E-state index is 12.3. The molecule has 0 spiro atoms. The number of hydrogen-bond donors (Lipinski definition) is 0. The lowest BCUT2D eigenvalue weighted by Gasteiger charge is -2.08. The summed E-state index contributed by atoms with van der Waals surface area (Å²) in [6.45, 7) is 4.14. The Kier molecular flexibility index (Phi) is 5.29. The molecule has 0 aromatic heterocycles. The first-order chi connectivity index (χ1) is 10.0. The molecule has 1 aromatic carbocycles. The van der Waals surface area contributed by atoms with Gasteiger partial charge in [-0.25, -0.2) is 0 Å². The Morgan fingerprint density at radius 1 is 1.43 bits per heavy atom. The zero-order chi connectivity index (χ0) is 15.4. The molecular formula is C17H22ClN2O+. The molecule has 0 N–H and O–H groups in total. The smallest absolute Gasteiger partial charge is 0.282 e. The number of nitrogens with zero attached hydrogens (tertiary/aromatic N) is 2. The van der Waals surface area contributed by atoms with Crippen LogP contribution in [-0.4, -0.2) is 35.5 Å². The van der Waals surface area contributed by atoms with Crippen molar-refractivity contribution in [2.24, 2.45) is 4.99 Å². The van der Waals surface area contributed by atoms with E-state index in [0.29, 0.717) is 12.1 Å². The van der Waals surface area contributed by atoms with Crippen LogP contribution in [0.2, 0.25) is 5.02 Å². The van der Waals surface area contributed by atoms with E-state index in [1.807, 2.05) is 29.8 Å². The van der Waals surface area contributed by atoms with Crippen molar-refractivity contribution >= 4 is 29.4 Å².